The van der Waals surface area contributed by atoms with Crippen LogP contribution in [0, 0.1) is 6.92 Å². The second kappa shape index (κ2) is 5.38. The minimum atomic E-state index is -1.08. The van der Waals surface area contributed by atoms with E-state index in [1.54, 1.807) is 19.3 Å². The largest absolute Gasteiger partial charge is 0.480 e. The molecule has 6 nitrogen and oxygen atoms in total. The lowest BCUT2D eigenvalue weighted by molar-refractivity contribution is -0.140. The van der Waals surface area contributed by atoms with Gasteiger partial charge in [0.2, 0.25) is 0 Å². The number of nitrogens with zero attached hydrogens (tertiary/aromatic N) is 2. The Morgan fingerprint density at radius 2 is 2.13 bits per heavy atom. The molecule has 1 atom stereocenters. The van der Waals surface area contributed by atoms with Gasteiger partial charge in [-0.3, -0.25) is 10.1 Å². The third-order valence-corrected chi connectivity index (χ3v) is 1.87. The van der Waals surface area contributed by atoms with E-state index in [0.717, 1.165) is 5.56 Å². The molecule has 6 heteroatoms. The third-order valence-electron chi connectivity index (χ3n) is 1.87. The van der Waals surface area contributed by atoms with Crippen molar-refractivity contribution in [3.05, 3.63) is 23.8 Å². The first-order valence-electron chi connectivity index (χ1n) is 4.48. The van der Waals surface area contributed by atoms with Crippen LogP contribution in [0.15, 0.2) is 12.4 Å². The number of carboxylic acid groups (broad SMARTS) is 1. The van der Waals surface area contributed by atoms with Gasteiger partial charge in [0.1, 0.15) is 11.9 Å². The van der Waals surface area contributed by atoms with Crippen molar-refractivity contribution in [3.8, 4) is 0 Å². The van der Waals surface area contributed by atoms with Crippen molar-refractivity contribution in [1.29, 1.82) is 0 Å². The van der Waals surface area contributed by atoms with Crippen LogP contribution < -0.4 is 5.32 Å². The highest BCUT2D eigenvalue weighted by Gasteiger charge is 2.14. The highest BCUT2D eigenvalue weighted by atomic mass is 16.4. The zero-order valence-electron chi connectivity index (χ0n) is 8.34. The second-order valence-corrected chi connectivity index (χ2v) is 3.09. The summed E-state index contributed by atoms with van der Waals surface area (Å²) in [4.78, 5) is 18.5. The van der Waals surface area contributed by atoms with Gasteiger partial charge in [0, 0.05) is 24.5 Å². The Hall–Kier alpha value is -1.53. The van der Waals surface area contributed by atoms with Crippen LogP contribution in [0.1, 0.15) is 11.4 Å². The monoisotopic (exact) mass is 211 g/mol. The SMILES string of the molecule is Cc1ncc(CNC(CO)C(=O)O)cn1. The average Bonchev–Trinajstić information content (AvgIpc) is 2.21. The van der Waals surface area contributed by atoms with E-state index in [1.807, 2.05) is 0 Å². The Kier molecular flexibility index (Phi) is 4.14. The van der Waals surface area contributed by atoms with Crippen molar-refractivity contribution in [2.24, 2.45) is 0 Å². The summed E-state index contributed by atoms with van der Waals surface area (Å²) in [7, 11) is 0. The second-order valence-electron chi connectivity index (χ2n) is 3.09. The number of rotatable bonds is 5. The van der Waals surface area contributed by atoms with Gasteiger partial charge in [-0.15, -0.1) is 0 Å². The number of carbonyl (C=O) groups is 1. The van der Waals surface area contributed by atoms with E-state index in [-0.39, 0.29) is 0 Å². The molecular formula is C9H13N3O3. The number of aliphatic carboxylic acids is 1. The molecule has 0 aliphatic carbocycles. The third kappa shape index (κ3) is 3.61. The molecule has 82 valence electrons. The quantitative estimate of drug-likeness (QED) is 0.597. The summed E-state index contributed by atoms with van der Waals surface area (Å²) >= 11 is 0. The van der Waals surface area contributed by atoms with E-state index < -0.39 is 18.6 Å². The van der Waals surface area contributed by atoms with Crippen molar-refractivity contribution in [2.75, 3.05) is 6.61 Å². The zero-order chi connectivity index (χ0) is 11.3. The Morgan fingerprint density at radius 1 is 1.53 bits per heavy atom. The van der Waals surface area contributed by atoms with Gasteiger partial charge in [-0.05, 0) is 6.92 Å². The van der Waals surface area contributed by atoms with Crippen LogP contribution >= 0.6 is 0 Å². The number of aromatic nitrogens is 2. The van der Waals surface area contributed by atoms with Crippen LogP contribution in [0.4, 0.5) is 0 Å². The number of nitrogens with one attached hydrogen (secondary N) is 1. The molecule has 1 aromatic rings. The van der Waals surface area contributed by atoms with E-state index in [4.69, 9.17) is 10.2 Å². The van der Waals surface area contributed by atoms with Gasteiger partial charge >= 0.3 is 5.97 Å². The molecule has 1 aromatic heterocycles. The molecule has 0 amide bonds. The fourth-order valence-corrected chi connectivity index (χ4v) is 0.982. The smallest absolute Gasteiger partial charge is 0.323 e. The van der Waals surface area contributed by atoms with Gasteiger partial charge in [0.25, 0.3) is 0 Å². The molecule has 0 aromatic carbocycles. The summed E-state index contributed by atoms with van der Waals surface area (Å²) < 4.78 is 0. The fraction of sp³-hybridized carbons (Fsp3) is 0.444. The van der Waals surface area contributed by atoms with E-state index in [0.29, 0.717) is 12.4 Å². The molecule has 1 unspecified atom stereocenters. The highest BCUT2D eigenvalue weighted by Crippen LogP contribution is 1.95. The number of aliphatic hydroxyl groups excluding tert-OH is 1. The molecule has 0 radical (unpaired) electrons. The van der Waals surface area contributed by atoms with Crippen LogP contribution in [-0.4, -0.2) is 38.8 Å². The summed E-state index contributed by atoms with van der Waals surface area (Å²) in [5.74, 6) is -0.416. The maximum Gasteiger partial charge on any atom is 0.323 e. The van der Waals surface area contributed by atoms with Crippen molar-refractivity contribution >= 4 is 5.97 Å². The van der Waals surface area contributed by atoms with E-state index in [2.05, 4.69) is 15.3 Å². The first-order valence-corrected chi connectivity index (χ1v) is 4.48. The molecular weight excluding hydrogens is 198 g/mol. The van der Waals surface area contributed by atoms with Crippen LogP contribution in [0.2, 0.25) is 0 Å². The van der Waals surface area contributed by atoms with Crippen molar-refractivity contribution < 1.29 is 15.0 Å². The van der Waals surface area contributed by atoms with E-state index >= 15 is 0 Å². The van der Waals surface area contributed by atoms with Crippen LogP contribution in [0.3, 0.4) is 0 Å². The molecule has 0 aliphatic heterocycles. The molecule has 0 bridgehead atoms. The fourth-order valence-electron chi connectivity index (χ4n) is 0.982. The number of carboxylic acids is 1. The summed E-state index contributed by atoms with van der Waals surface area (Å²) in [6.07, 6.45) is 3.23. The normalized spacial score (nSPS) is 12.4. The van der Waals surface area contributed by atoms with E-state index in [1.165, 1.54) is 0 Å². The molecule has 3 N–H and O–H groups in total. The molecule has 0 spiro atoms. The molecule has 0 fully saturated rings. The predicted octanol–water partition coefficient (Wildman–Crippen LogP) is -0.680. The van der Waals surface area contributed by atoms with Gasteiger partial charge in [-0.2, -0.15) is 0 Å². The van der Waals surface area contributed by atoms with Crippen LogP contribution in [-0.2, 0) is 11.3 Å². The highest BCUT2D eigenvalue weighted by molar-refractivity contribution is 5.73. The number of aryl methyl sites for hydroxylation is 1. The number of hydrogen-bond acceptors (Lipinski definition) is 5. The Labute approximate surface area is 87.0 Å². The number of aliphatic hydroxyl groups is 1. The van der Waals surface area contributed by atoms with E-state index in [9.17, 15) is 4.79 Å². The Balaban J connectivity index is 2.49. The van der Waals surface area contributed by atoms with Crippen molar-refractivity contribution in [1.82, 2.24) is 15.3 Å². The summed E-state index contributed by atoms with van der Waals surface area (Å²) in [6.45, 7) is 1.64. The Bertz CT molecular complexity index is 326. The lowest BCUT2D eigenvalue weighted by atomic mass is 10.3. The first kappa shape index (κ1) is 11.5. The van der Waals surface area contributed by atoms with Gasteiger partial charge in [-0.25, -0.2) is 9.97 Å². The topological polar surface area (TPSA) is 95.3 Å². The zero-order valence-corrected chi connectivity index (χ0v) is 8.34. The summed E-state index contributed by atoms with van der Waals surface area (Å²) in [5.41, 5.74) is 0.778. The number of hydrogen-bond donors (Lipinski definition) is 3. The lowest BCUT2D eigenvalue weighted by Crippen LogP contribution is -2.39. The molecule has 0 aliphatic rings. The van der Waals surface area contributed by atoms with Gasteiger partial charge in [0.05, 0.1) is 6.61 Å². The van der Waals surface area contributed by atoms with Crippen molar-refractivity contribution in [2.45, 2.75) is 19.5 Å². The standard InChI is InChI=1S/C9H13N3O3/c1-6-10-2-7(3-11-6)4-12-8(5-13)9(14)15/h2-3,8,12-13H,4-5H2,1H3,(H,14,15). The van der Waals surface area contributed by atoms with Crippen LogP contribution in [0.5, 0.6) is 0 Å². The Morgan fingerprint density at radius 3 is 2.60 bits per heavy atom. The average molecular weight is 211 g/mol. The predicted molar refractivity (Wildman–Crippen MR) is 52.1 cm³/mol. The summed E-state index contributed by atoms with van der Waals surface area (Å²) in [6, 6.07) is -0.952. The van der Waals surface area contributed by atoms with Gasteiger partial charge in [-0.1, -0.05) is 0 Å². The molecule has 15 heavy (non-hydrogen) atoms. The van der Waals surface area contributed by atoms with Gasteiger partial charge < -0.3 is 10.2 Å². The first-order chi connectivity index (χ1) is 7.13. The molecule has 0 saturated carbocycles. The maximum absolute atomic E-state index is 10.6. The molecule has 1 heterocycles. The molecule has 0 saturated heterocycles. The van der Waals surface area contributed by atoms with Gasteiger partial charge in [0.15, 0.2) is 0 Å². The van der Waals surface area contributed by atoms with Crippen molar-refractivity contribution in [3.63, 3.8) is 0 Å². The molecule has 1 rings (SSSR count). The lowest BCUT2D eigenvalue weighted by Gasteiger charge is -2.10. The minimum Gasteiger partial charge on any atom is -0.480 e. The van der Waals surface area contributed by atoms with Crippen LogP contribution in [0.25, 0.3) is 0 Å². The maximum atomic E-state index is 10.6. The summed E-state index contributed by atoms with van der Waals surface area (Å²) in [5, 5.41) is 20.1. The minimum absolute atomic E-state index is 0.317.